The monoisotopic (exact) mass is 537 g/mol. The second kappa shape index (κ2) is 11.1. The number of carboxylic acids is 1. The number of carbonyl (C=O) groups is 3. The van der Waals surface area contributed by atoms with Gasteiger partial charge in [-0.05, 0) is 42.0 Å². The maximum absolute atomic E-state index is 13.6. The Balaban J connectivity index is 1.66. The minimum absolute atomic E-state index is 0.0490. The van der Waals surface area contributed by atoms with Crippen LogP contribution < -0.4 is 5.32 Å². The summed E-state index contributed by atoms with van der Waals surface area (Å²) in [4.78, 5) is 39.9. The smallest absolute Gasteiger partial charge is 0.305 e. The molecule has 2 N–H and O–H groups in total. The Morgan fingerprint density at radius 1 is 1.08 bits per heavy atom. The van der Waals surface area contributed by atoms with E-state index in [1.807, 2.05) is 0 Å². The SMILES string of the molecule is O=C(O)CC(NC(=O)C1N(C(=O)C2CCCCC2)CCN1S(=O)(=O)c1cccs1)c1ccc(F)cc1. The zero-order valence-corrected chi connectivity index (χ0v) is 21.1. The van der Waals surface area contributed by atoms with Crippen molar-refractivity contribution in [2.24, 2.45) is 5.92 Å². The van der Waals surface area contributed by atoms with Crippen molar-refractivity contribution in [1.29, 1.82) is 0 Å². The summed E-state index contributed by atoms with van der Waals surface area (Å²) in [5.41, 5.74) is 0.350. The number of carboxylic acid groups (broad SMARTS) is 1. The third-order valence-corrected chi connectivity index (χ3v) is 9.85. The standard InChI is InChI=1S/C24H28FN3O6S2/c25-18-10-8-16(9-11-18)19(15-20(29)30)26-22(31)23-27(24(32)17-5-2-1-3-6-17)12-13-28(23)36(33,34)21-7-4-14-35-21/h4,7-11,14,17,19,23H,1-3,5-6,12-13,15H2,(H,26,31)(H,29,30). The van der Waals surface area contributed by atoms with Crippen molar-refractivity contribution in [3.8, 4) is 0 Å². The van der Waals surface area contributed by atoms with Gasteiger partial charge in [-0.25, -0.2) is 12.8 Å². The number of halogens is 1. The fourth-order valence-corrected chi connectivity index (χ4v) is 7.50. The minimum Gasteiger partial charge on any atom is -0.481 e. The van der Waals surface area contributed by atoms with E-state index in [9.17, 15) is 32.3 Å². The first kappa shape index (κ1) is 26.2. The predicted molar refractivity (Wildman–Crippen MR) is 130 cm³/mol. The van der Waals surface area contributed by atoms with Crippen molar-refractivity contribution in [3.05, 3.63) is 53.2 Å². The van der Waals surface area contributed by atoms with Gasteiger partial charge in [0.15, 0.2) is 6.17 Å². The molecule has 2 unspecified atom stereocenters. The number of benzene rings is 1. The largest absolute Gasteiger partial charge is 0.481 e. The van der Waals surface area contributed by atoms with Gasteiger partial charge in [0.2, 0.25) is 5.91 Å². The Morgan fingerprint density at radius 2 is 1.78 bits per heavy atom. The number of thiophene rings is 1. The van der Waals surface area contributed by atoms with Crippen LogP contribution in [0.25, 0.3) is 0 Å². The second-order valence-electron chi connectivity index (χ2n) is 9.00. The summed E-state index contributed by atoms with van der Waals surface area (Å²) >= 11 is 1.01. The molecule has 1 aromatic carbocycles. The molecule has 194 valence electrons. The van der Waals surface area contributed by atoms with Gasteiger partial charge < -0.3 is 15.3 Å². The first-order valence-electron chi connectivity index (χ1n) is 11.8. The Kier molecular flexibility index (Phi) is 8.06. The van der Waals surface area contributed by atoms with E-state index in [-0.39, 0.29) is 29.1 Å². The van der Waals surface area contributed by atoms with E-state index in [1.165, 1.54) is 23.1 Å². The van der Waals surface area contributed by atoms with Crippen LogP contribution in [0.15, 0.2) is 46.0 Å². The Bertz CT molecular complexity index is 1200. The first-order valence-corrected chi connectivity index (χ1v) is 14.1. The molecule has 2 aliphatic rings. The number of hydrogen-bond donors (Lipinski definition) is 2. The van der Waals surface area contributed by atoms with Crippen molar-refractivity contribution < 1.29 is 32.3 Å². The second-order valence-corrected chi connectivity index (χ2v) is 12.1. The van der Waals surface area contributed by atoms with E-state index in [1.54, 1.807) is 11.4 Å². The molecule has 1 saturated heterocycles. The highest BCUT2D eigenvalue weighted by atomic mass is 32.2. The van der Waals surface area contributed by atoms with Gasteiger partial charge in [0, 0.05) is 19.0 Å². The molecule has 0 bridgehead atoms. The van der Waals surface area contributed by atoms with Crippen LogP contribution in [0.5, 0.6) is 0 Å². The van der Waals surface area contributed by atoms with Crippen molar-refractivity contribution in [2.75, 3.05) is 13.1 Å². The summed E-state index contributed by atoms with van der Waals surface area (Å²) in [5, 5.41) is 13.6. The summed E-state index contributed by atoms with van der Waals surface area (Å²) in [6.07, 6.45) is 2.22. The van der Waals surface area contributed by atoms with Crippen LogP contribution in [0.3, 0.4) is 0 Å². The lowest BCUT2D eigenvalue weighted by atomic mass is 9.88. The van der Waals surface area contributed by atoms with E-state index >= 15 is 0 Å². The van der Waals surface area contributed by atoms with E-state index in [0.29, 0.717) is 18.4 Å². The van der Waals surface area contributed by atoms with Gasteiger partial charge in [0.05, 0.1) is 12.5 Å². The normalized spacial score (nSPS) is 20.2. The zero-order valence-electron chi connectivity index (χ0n) is 19.5. The molecule has 4 rings (SSSR count). The molecule has 1 aromatic heterocycles. The summed E-state index contributed by atoms with van der Waals surface area (Å²) in [7, 11) is -4.08. The van der Waals surface area contributed by atoms with Gasteiger partial charge in [-0.3, -0.25) is 14.4 Å². The number of hydrogen-bond acceptors (Lipinski definition) is 6. The number of aliphatic carboxylic acids is 1. The molecule has 9 nitrogen and oxygen atoms in total. The topological polar surface area (TPSA) is 124 Å². The molecule has 2 fully saturated rings. The van der Waals surface area contributed by atoms with Crippen molar-refractivity contribution >= 4 is 39.1 Å². The number of rotatable bonds is 8. The highest BCUT2D eigenvalue weighted by Crippen LogP contribution is 2.32. The van der Waals surface area contributed by atoms with Gasteiger partial charge in [0.1, 0.15) is 10.0 Å². The number of carbonyl (C=O) groups excluding carboxylic acids is 2. The number of amides is 2. The fraction of sp³-hybridized carbons (Fsp3) is 0.458. The molecular formula is C24H28FN3O6S2. The fourth-order valence-electron chi connectivity index (χ4n) is 4.84. The molecule has 2 atom stereocenters. The van der Waals surface area contributed by atoms with Crippen LogP contribution in [0, 0.1) is 11.7 Å². The molecule has 1 aliphatic carbocycles. The third kappa shape index (κ3) is 5.60. The highest BCUT2D eigenvalue weighted by Gasteiger charge is 2.48. The highest BCUT2D eigenvalue weighted by molar-refractivity contribution is 7.91. The molecule has 1 aliphatic heterocycles. The van der Waals surface area contributed by atoms with E-state index in [4.69, 9.17) is 0 Å². The summed E-state index contributed by atoms with van der Waals surface area (Å²) in [6.45, 7) is -0.00486. The molecule has 0 radical (unpaired) electrons. The van der Waals surface area contributed by atoms with Crippen LogP contribution in [0.1, 0.15) is 50.1 Å². The number of nitrogens with one attached hydrogen (secondary N) is 1. The molecule has 1 saturated carbocycles. The average Bonchev–Trinajstić information content (AvgIpc) is 3.55. The molecule has 0 spiro atoms. The van der Waals surface area contributed by atoms with Crippen LogP contribution in [0.4, 0.5) is 4.39 Å². The quantitative estimate of drug-likeness (QED) is 0.534. The first-order chi connectivity index (χ1) is 17.2. The van der Waals surface area contributed by atoms with Crippen molar-refractivity contribution in [2.45, 2.75) is 54.9 Å². The molecule has 12 heteroatoms. The zero-order chi connectivity index (χ0) is 25.9. The summed E-state index contributed by atoms with van der Waals surface area (Å²) in [5.74, 6) is -3.07. The summed E-state index contributed by atoms with van der Waals surface area (Å²) in [6, 6.07) is 7.01. The van der Waals surface area contributed by atoms with Gasteiger partial charge in [-0.15, -0.1) is 11.3 Å². The number of sulfonamides is 1. The minimum atomic E-state index is -4.08. The van der Waals surface area contributed by atoms with Crippen LogP contribution in [-0.4, -0.2) is 59.8 Å². The molecule has 2 amide bonds. The van der Waals surface area contributed by atoms with Gasteiger partial charge >= 0.3 is 5.97 Å². The van der Waals surface area contributed by atoms with Crippen molar-refractivity contribution in [1.82, 2.24) is 14.5 Å². The van der Waals surface area contributed by atoms with Crippen LogP contribution in [0.2, 0.25) is 0 Å². The van der Waals surface area contributed by atoms with Crippen LogP contribution in [-0.2, 0) is 24.4 Å². The van der Waals surface area contributed by atoms with Gasteiger partial charge in [0.25, 0.3) is 15.9 Å². The van der Waals surface area contributed by atoms with E-state index < -0.39 is 46.3 Å². The lowest BCUT2D eigenvalue weighted by molar-refractivity contribution is -0.145. The summed E-state index contributed by atoms with van der Waals surface area (Å²) < 4.78 is 41.3. The lowest BCUT2D eigenvalue weighted by Crippen LogP contribution is -2.55. The van der Waals surface area contributed by atoms with Gasteiger partial charge in [-0.1, -0.05) is 37.5 Å². The molecular weight excluding hydrogens is 509 g/mol. The maximum atomic E-state index is 13.6. The number of nitrogens with zero attached hydrogens (tertiary/aromatic N) is 2. The maximum Gasteiger partial charge on any atom is 0.305 e. The van der Waals surface area contributed by atoms with Crippen molar-refractivity contribution in [3.63, 3.8) is 0 Å². The molecule has 2 aromatic rings. The average molecular weight is 538 g/mol. The lowest BCUT2D eigenvalue weighted by Gasteiger charge is -2.33. The molecule has 2 heterocycles. The Morgan fingerprint density at radius 3 is 2.39 bits per heavy atom. The Hall–Kier alpha value is -2.83. The van der Waals surface area contributed by atoms with Crippen LogP contribution >= 0.6 is 11.3 Å². The van der Waals surface area contributed by atoms with E-state index in [0.717, 1.165) is 47.0 Å². The van der Waals surface area contributed by atoms with Gasteiger partial charge in [-0.2, -0.15) is 4.31 Å². The third-order valence-electron chi connectivity index (χ3n) is 6.63. The Labute approximate surface area is 213 Å². The van der Waals surface area contributed by atoms with E-state index in [2.05, 4.69) is 5.32 Å². The predicted octanol–water partition coefficient (Wildman–Crippen LogP) is 2.96. The molecule has 36 heavy (non-hydrogen) atoms.